The normalized spacial score (nSPS) is 9.55. The average molecular weight is 281 g/mol. The first-order valence-electron chi connectivity index (χ1n) is 6.43. The van der Waals surface area contributed by atoms with Crippen molar-refractivity contribution < 1.29 is 0 Å². The Bertz CT molecular complexity index is 463. The van der Waals surface area contributed by atoms with Gasteiger partial charge in [-0.2, -0.15) is 0 Å². The Morgan fingerprint density at radius 1 is 0.850 bits per heavy atom. The minimum Gasteiger partial charge on any atom is -0.512 e. The number of benzene rings is 2. The lowest BCUT2D eigenvalue weighted by atomic mass is 10.2. The summed E-state index contributed by atoms with van der Waals surface area (Å²) in [6.45, 7) is 8.64. The van der Waals surface area contributed by atoms with E-state index in [9.17, 15) is 0 Å². The summed E-state index contributed by atoms with van der Waals surface area (Å²) in [6, 6.07) is 21.5. The Hall–Kier alpha value is -1.98. The van der Waals surface area contributed by atoms with E-state index in [0.29, 0.717) is 10.9 Å². The van der Waals surface area contributed by atoms with Crippen LogP contribution in [0.5, 0.6) is 0 Å². The molecule has 0 aliphatic rings. The zero-order valence-electron chi connectivity index (χ0n) is 11.5. The number of hydrogen-bond donors (Lipinski definition) is 0. The van der Waals surface area contributed by atoms with Crippen molar-refractivity contribution in [1.82, 2.24) is 0 Å². The zero-order chi connectivity index (χ0) is 14.6. The fourth-order valence-electron chi connectivity index (χ4n) is 1.96. The Morgan fingerprint density at radius 3 is 1.60 bits per heavy atom. The second kappa shape index (κ2) is 9.89. The van der Waals surface area contributed by atoms with Crippen molar-refractivity contribution in [2.24, 2.45) is 0 Å². The Labute approximate surface area is 124 Å². The van der Waals surface area contributed by atoms with Crippen LogP contribution in [0.1, 0.15) is 11.1 Å². The molecule has 102 valence electrons. The largest absolute Gasteiger partial charge is 0.512 e. The maximum atomic E-state index is 6.25. The molecule has 0 amide bonds. The molecule has 0 saturated carbocycles. The van der Waals surface area contributed by atoms with Crippen molar-refractivity contribution in [2.75, 3.05) is 5.75 Å². The molecular formula is C18H19NS. The summed E-state index contributed by atoms with van der Waals surface area (Å²) >= 11 is 0. The standard InChI is InChI=1S/C17H19S.CN/c1-2-13-18(14-16-9-5-3-6-10-16)15-17-11-7-4-8-12-17;1-2/h2-12H,1,13-15H2;/q+1;-1. The minimum absolute atomic E-state index is 0.355. The van der Waals surface area contributed by atoms with Crippen LogP contribution >= 0.6 is 0 Å². The van der Waals surface area contributed by atoms with Gasteiger partial charge in [-0.15, -0.1) is 0 Å². The van der Waals surface area contributed by atoms with Gasteiger partial charge in [-0.05, 0) is 6.08 Å². The molecule has 2 heteroatoms. The lowest BCUT2D eigenvalue weighted by Crippen LogP contribution is -2.11. The molecule has 2 aromatic carbocycles. The van der Waals surface area contributed by atoms with E-state index in [4.69, 9.17) is 11.8 Å². The molecule has 0 bridgehead atoms. The van der Waals surface area contributed by atoms with Crippen LogP contribution < -0.4 is 0 Å². The van der Waals surface area contributed by atoms with E-state index in [1.807, 2.05) is 0 Å². The highest BCUT2D eigenvalue weighted by atomic mass is 32.2. The molecule has 0 saturated heterocycles. The van der Waals surface area contributed by atoms with Crippen molar-refractivity contribution in [2.45, 2.75) is 11.5 Å². The average Bonchev–Trinajstić information content (AvgIpc) is 2.51. The van der Waals surface area contributed by atoms with E-state index in [1.54, 1.807) is 0 Å². The van der Waals surface area contributed by atoms with Crippen molar-refractivity contribution in [3.8, 4) is 0 Å². The van der Waals surface area contributed by atoms with Gasteiger partial charge in [0.1, 0.15) is 17.3 Å². The van der Waals surface area contributed by atoms with Gasteiger partial charge < -0.3 is 11.8 Å². The predicted octanol–water partition coefficient (Wildman–Crippen LogP) is 4.29. The van der Waals surface area contributed by atoms with Gasteiger partial charge in [-0.1, -0.05) is 67.2 Å². The highest BCUT2D eigenvalue weighted by Crippen LogP contribution is 2.15. The van der Waals surface area contributed by atoms with E-state index < -0.39 is 0 Å². The van der Waals surface area contributed by atoms with Crippen LogP contribution in [-0.2, 0) is 22.4 Å². The van der Waals surface area contributed by atoms with Crippen LogP contribution in [0.3, 0.4) is 0 Å². The summed E-state index contributed by atoms with van der Waals surface area (Å²) < 4.78 is 0. The van der Waals surface area contributed by atoms with Crippen molar-refractivity contribution >= 4 is 10.9 Å². The molecule has 2 aromatic rings. The quantitative estimate of drug-likeness (QED) is 0.440. The molecule has 0 fully saturated rings. The van der Waals surface area contributed by atoms with Crippen LogP contribution in [0.25, 0.3) is 0 Å². The molecule has 1 nitrogen and oxygen atoms in total. The lowest BCUT2D eigenvalue weighted by Gasteiger charge is -2.07. The van der Waals surface area contributed by atoms with Crippen LogP contribution in [0.2, 0.25) is 0 Å². The third-order valence-corrected chi connectivity index (χ3v) is 4.97. The van der Waals surface area contributed by atoms with Crippen LogP contribution in [0, 0.1) is 11.8 Å². The monoisotopic (exact) mass is 281 g/mol. The van der Waals surface area contributed by atoms with Gasteiger partial charge in [0, 0.05) is 22.0 Å². The zero-order valence-corrected chi connectivity index (χ0v) is 12.4. The molecule has 0 aliphatic heterocycles. The van der Waals surface area contributed by atoms with Gasteiger partial charge in [-0.25, -0.2) is 0 Å². The van der Waals surface area contributed by atoms with Crippen molar-refractivity contribution in [3.63, 3.8) is 0 Å². The molecule has 0 spiro atoms. The van der Waals surface area contributed by atoms with Gasteiger partial charge in [0.25, 0.3) is 0 Å². The Balaban J connectivity index is 0.000000956. The third kappa shape index (κ3) is 5.77. The lowest BCUT2D eigenvalue weighted by molar-refractivity contribution is 1.33. The fourth-order valence-corrected chi connectivity index (χ4v) is 3.95. The summed E-state index contributed by atoms with van der Waals surface area (Å²) in [5, 5.41) is 6.25. The molecule has 2 rings (SSSR count). The second-order valence-corrected chi connectivity index (χ2v) is 6.46. The van der Waals surface area contributed by atoms with Crippen molar-refractivity contribution in [3.05, 3.63) is 91.0 Å². The first-order valence-corrected chi connectivity index (χ1v) is 8.17. The highest BCUT2D eigenvalue weighted by Gasteiger charge is 2.17. The summed E-state index contributed by atoms with van der Waals surface area (Å²) in [6.07, 6.45) is 2.05. The second-order valence-electron chi connectivity index (χ2n) is 4.33. The Morgan fingerprint density at radius 2 is 1.25 bits per heavy atom. The molecule has 0 heterocycles. The maximum absolute atomic E-state index is 6.25. The van der Waals surface area contributed by atoms with Gasteiger partial charge in [0.2, 0.25) is 0 Å². The van der Waals surface area contributed by atoms with Crippen LogP contribution in [-0.4, -0.2) is 5.75 Å². The van der Waals surface area contributed by atoms with Gasteiger partial charge in [0.05, 0.1) is 0 Å². The molecule has 0 aromatic heterocycles. The molecule has 0 radical (unpaired) electrons. The topological polar surface area (TPSA) is 23.8 Å². The van der Waals surface area contributed by atoms with E-state index >= 15 is 0 Å². The smallest absolute Gasteiger partial charge is 0.133 e. The molecule has 0 atom stereocenters. The van der Waals surface area contributed by atoms with Crippen molar-refractivity contribution in [1.29, 1.82) is 5.26 Å². The SMILES string of the molecule is C=CC[S+](Cc1ccccc1)Cc1ccccc1.[C-]#N. The number of hydrogen-bond acceptors (Lipinski definition) is 1. The van der Waals surface area contributed by atoms with Crippen LogP contribution in [0.15, 0.2) is 73.3 Å². The van der Waals surface area contributed by atoms with E-state index in [1.165, 1.54) is 11.1 Å². The Kier molecular flexibility index (Phi) is 7.95. The highest BCUT2D eigenvalue weighted by molar-refractivity contribution is 7.95. The molecule has 0 N–H and O–H groups in total. The minimum atomic E-state index is 0.355. The fraction of sp³-hybridized carbons (Fsp3) is 0.167. The van der Waals surface area contributed by atoms with Gasteiger partial charge in [-0.3, -0.25) is 0 Å². The summed E-state index contributed by atoms with van der Waals surface area (Å²) in [7, 11) is 0.355. The molecule has 0 aliphatic carbocycles. The van der Waals surface area contributed by atoms with E-state index in [-0.39, 0.29) is 0 Å². The van der Waals surface area contributed by atoms with Crippen LogP contribution in [0.4, 0.5) is 0 Å². The molecular weight excluding hydrogens is 262 g/mol. The summed E-state index contributed by atoms with van der Waals surface area (Å²) in [5.74, 6) is 3.41. The first-order chi connectivity index (χ1) is 9.88. The third-order valence-electron chi connectivity index (χ3n) is 2.78. The van der Waals surface area contributed by atoms with Gasteiger partial charge >= 0.3 is 0 Å². The number of rotatable bonds is 6. The first kappa shape index (κ1) is 16.1. The molecule has 20 heavy (non-hydrogen) atoms. The van der Waals surface area contributed by atoms with Gasteiger partial charge in [0.15, 0.2) is 0 Å². The van der Waals surface area contributed by atoms with E-state index in [2.05, 4.69) is 73.3 Å². The predicted molar refractivity (Wildman–Crippen MR) is 87.7 cm³/mol. The molecule has 0 unspecified atom stereocenters. The summed E-state index contributed by atoms with van der Waals surface area (Å²) in [4.78, 5) is 0. The number of nitrogens with zero attached hydrogens (tertiary/aromatic N) is 1. The maximum Gasteiger partial charge on any atom is 0.133 e. The summed E-state index contributed by atoms with van der Waals surface area (Å²) in [5.41, 5.74) is 2.86. The van der Waals surface area contributed by atoms with E-state index in [0.717, 1.165) is 17.3 Å².